The van der Waals surface area contributed by atoms with Gasteiger partial charge in [-0.2, -0.15) is 0 Å². The van der Waals surface area contributed by atoms with Crippen LogP contribution in [0.25, 0.3) is 0 Å². The lowest BCUT2D eigenvalue weighted by Gasteiger charge is -2.49. The van der Waals surface area contributed by atoms with E-state index in [9.17, 15) is 20.1 Å². The maximum absolute atomic E-state index is 13.2. The first-order chi connectivity index (χ1) is 19.1. The number of aliphatic hydroxyl groups is 3. The summed E-state index contributed by atoms with van der Waals surface area (Å²) in [5, 5.41) is 34.7. The van der Waals surface area contributed by atoms with Gasteiger partial charge in [0.05, 0.1) is 0 Å². The molecule has 0 spiro atoms. The molecule has 2 atom stereocenters. The van der Waals surface area contributed by atoms with Gasteiger partial charge in [0.1, 0.15) is 5.75 Å². The first kappa shape index (κ1) is 27.0. The molecule has 0 bridgehead atoms. The number of esters is 1. The van der Waals surface area contributed by atoms with Gasteiger partial charge < -0.3 is 24.8 Å². The molecule has 5 rings (SSSR count). The van der Waals surface area contributed by atoms with Crippen molar-refractivity contribution in [3.63, 3.8) is 0 Å². The van der Waals surface area contributed by atoms with Crippen molar-refractivity contribution in [1.29, 1.82) is 0 Å². The number of hydrogen-bond acceptors (Lipinski definition) is 6. The van der Waals surface area contributed by atoms with Crippen molar-refractivity contribution >= 4 is 5.97 Å². The van der Waals surface area contributed by atoms with Crippen LogP contribution in [0.15, 0.2) is 109 Å². The molecule has 0 aliphatic carbocycles. The van der Waals surface area contributed by atoms with Crippen LogP contribution in [-0.4, -0.2) is 27.4 Å². The van der Waals surface area contributed by atoms with Crippen LogP contribution in [-0.2, 0) is 20.7 Å². The van der Waals surface area contributed by atoms with Gasteiger partial charge in [0.15, 0.2) is 17.0 Å². The Kier molecular flexibility index (Phi) is 6.90. The highest BCUT2D eigenvalue weighted by Crippen LogP contribution is 2.53. The van der Waals surface area contributed by atoms with Gasteiger partial charge in [0, 0.05) is 11.1 Å². The van der Waals surface area contributed by atoms with Crippen molar-refractivity contribution in [2.24, 2.45) is 0 Å². The molecule has 0 saturated carbocycles. The number of aliphatic hydroxyl groups excluding tert-OH is 2. The topological polar surface area (TPSA) is 96.2 Å². The molecule has 0 radical (unpaired) electrons. The Morgan fingerprint density at radius 3 is 1.38 bits per heavy atom. The number of rotatable bonds is 7. The van der Waals surface area contributed by atoms with E-state index in [1.165, 1.54) is 0 Å². The van der Waals surface area contributed by atoms with Gasteiger partial charge in [-0.1, -0.05) is 107 Å². The summed E-state index contributed by atoms with van der Waals surface area (Å²) in [6, 6.07) is 29.5. The maximum Gasteiger partial charge on any atom is 0.378 e. The van der Waals surface area contributed by atoms with E-state index in [2.05, 4.69) is 0 Å². The van der Waals surface area contributed by atoms with Gasteiger partial charge in [-0.15, -0.1) is 0 Å². The molecule has 0 fully saturated rings. The predicted octanol–water partition coefficient (Wildman–Crippen LogP) is 6.38. The number of carbonyl (C=O) groups is 1. The van der Waals surface area contributed by atoms with Gasteiger partial charge in [-0.25, -0.2) is 4.79 Å². The third kappa shape index (κ3) is 4.40. The SMILES string of the molecule is Cc1ccc(OC(c2ccc(C)cc2)(c2ccc(C)cc2)[C@@](O)(c2ccc(C)cc2)[C@H]2OC(=O)C(O)=C2O)cc1. The van der Waals surface area contributed by atoms with E-state index in [1.54, 1.807) is 24.3 Å². The number of cyclic esters (lactones) is 1. The molecular formula is C34H32O6. The molecule has 204 valence electrons. The van der Waals surface area contributed by atoms with E-state index in [1.807, 2.05) is 100 Å². The first-order valence-electron chi connectivity index (χ1n) is 13.1. The zero-order valence-corrected chi connectivity index (χ0v) is 22.9. The number of aryl methyl sites for hydroxylation is 4. The van der Waals surface area contributed by atoms with Gasteiger partial charge in [-0.3, -0.25) is 0 Å². The van der Waals surface area contributed by atoms with Crippen LogP contribution in [0.5, 0.6) is 5.75 Å². The molecular weight excluding hydrogens is 504 g/mol. The molecule has 3 N–H and O–H groups in total. The third-order valence-corrected chi connectivity index (χ3v) is 7.53. The normalized spacial score (nSPS) is 16.9. The minimum absolute atomic E-state index is 0.311. The summed E-state index contributed by atoms with van der Waals surface area (Å²) in [6.45, 7) is 7.78. The number of carbonyl (C=O) groups excluding carboxylic acids is 1. The van der Waals surface area contributed by atoms with Crippen LogP contribution < -0.4 is 4.74 Å². The fourth-order valence-corrected chi connectivity index (χ4v) is 5.24. The molecule has 0 aromatic heterocycles. The quantitative estimate of drug-likeness (QED) is 0.237. The Morgan fingerprint density at radius 2 is 1.00 bits per heavy atom. The smallest absolute Gasteiger partial charge is 0.378 e. The molecule has 6 nitrogen and oxygen atoms in total. The van der Waals surface area contributed by atoms with Gasteiger partial charge >= 0.3 is 5.97 Å². The highest BCUT2D eigenvalue weighted by Gasteiger charge is 2.65. The maximum atomic E-state index is 13.2. The molecule has 0 unspecified atom stereocenters. The lowest BCUT2D eigenvalue weighted by molar-refractivity contribution is -0.195. The van der Waals surface area contributed by atoms with Crippen LogP contribution in [0.4, 0.5) is 0 Å². The Labute approximate surface area is 233 Å². The fraction of sp³-hybridized carbons (Fsp3) is 0.206. The summed E-state index contributed by atoms with van der Waals surface area (Å²) in [4.78, 5) is 12.6. The Bertz CT molecular complexity index is 1510. The van der Waals surface area contributed by atoms with E-state index < -0.39 is 34.8 Å². The van der Waals surface area contributed by atoms with Crippen LogP contribution in [0.2, 0.25) is 0 Å². The second-order valence-electron chi connectivity index (χ2n) is 10.5. The van der Waals surface area contributed by atoms with Crippen molar-refractivity contribution in [3.05, 3.63) is 148 Å². The lowest BCUT2D eigenvalue weighted by Crippen LogP contribution is -2.61. The number of benzene rings is 4. The fourth-order valence-electron chi connectivity index (χ4n) is 5.24. The Balaban J connectivity index is 1.93. The van der Waals surface area contributed by atoms with Crippen molar-refractivity contribution in [1.82, 2.24) is 0 Å². The second-order valence-corrected chi connectivity index (χ2v) is 10.5. The summed E-state index contributed by atoms with van der Waals surface area (Å²) in [6.07, 6.45) is -1.70. The van der Waals surface area contributed by atoms with Gasteiger partial charge in [0.2, 0.25) is 11.9 Å². The standard InChI is InChI=1S/C34H32O6/c1-21-5-13-25(14-6-21)33(38,31-29(35)30(36)32(37)39-31)34(26-15-7-22(2)8-16-26,27-17-9-23(3)10-18-27)40-28-19-11-24(4)12-20-28/h5-20,31,35-36,38H,1-4H3/t31-,33+/m0/s1. The highest BCUT2D eigenvalue weighted by atomic mass is 16.6. The molecule has 4 aromatic rings. The van der Waals surface area contributed by atoms with E-state index >= 15 is 0 Å². The van der Waals surface area contributed by atoms with Crippen LogP contribution in [0.1, 0.15) is 38.9 Å². The average molecular weight is 537 g/mol. The highest BCUT2D eigenvalue weighted by molar-refractivity contribution is 5.89. The minimum Gasteiger partial charge on any atom is -0.505 e. The van der Waals surface area contributed by atoms with Crippen LogP contribution in [0.3, 0.4) is 0 Å². The number of ether oxygens (including phenoxy) is 2. The minimum atomic E-state index is -2.28. The van der Waals surface area contributed by atoms with Crippen LogP contribution in [0, 0.1) is 27.7 Å². The summed E-state index contributed by atoms with van der Waals surface area (Å²) in [7, 11) is 0. The molecule has 0 amide bonds. The lowest BCUT2D eigenvalue weighted by atomic mass is 9.66. The van der Waals surface area contributed by atoms with E-state index in [0.29, 0.717) is 22.4 Å². The van der Waals surface area contributed by atoms with E-state index in [-0.39, 0.29) is 0 Å². The molecule has 1 heterocycles. The van der Waals surface area contributed by atoms with Gasteiger partial charge in [-0.05, 0) is 45.4 Å². The molecule has 1 aliphatic rings. The molecule has 4 aromatic carbocycles. The summed E-state index contributed by atoms with van der Waals surface area (Å²) in [5.41, 5.74) is 1.27. The zero-order chi connectivity index (χ0) is 28.7. The molecule has 40 heavy (non-hydrogen) atoms. The molecule has 1 aliphatic heterocycles. The second kappa shape index (κ2) is 10.2. The summed E-state index contributed by atoms with van der Waals surface area (Å²) >= 11 is 0. The first-order valence-corrected chi connectivity index (χ1v) is 13.1. The summed E-state index contributed by atoms with van der Waals surface area (Å²) < 4.78 is 12.5. The Morgan fingerprint density at radius 1 is 0.625 bits per heavy atom. The van der Waals surface area contributed by atoms with Crippen molar-refractivity contribution in [3.8, 4) is 5.75 Å². The Hall–Kier alpha value is -4.55. The molecule has 0 saturated heterocycles. The van der Waals surface area contributed by atoms with Crippen LogP contribution >= 0.6 is 0 Å². The summed E-state index contributed by atoms with van der Waals surface area (Å²) in [5.74, 6) is -2.42. The van der Waals surface area contributed by atoms with Crippen molar-refractivity contribution in [2.45, 2.75) is 45.0 Å². The largest absolute Gasteiger partial charge is 0.505 e. The number of hydrogen-bond donors (Lipinski definition) is 3. The van der Waals surface area contributed by atoms with E-state index in [0.717, 1.165) is 22.3 Å². The predicted molar refractivity (Wildman–Crippen MR) is 152 cm³/mol. The zero-order valence-electron chi connectivity index (χ0n) is 22.9. The third-order valence-electron chi connectivity index (χ3n) is 7.53. The molecule has 6 heteroatoms. The van der Waals surface area contributed by atoms with Crippen molar-refractivity contribution < 1.29 is 29.6 Å². The average Bonchev–Trinajstić information content (AvgIpc) is 3.21. The monoisotopic (exact) mass is 536 g/mol. The van der Waals surface area contributed by atoms with E-state index in [4.69, 9.17) is 9.47 Å². The van der Waals surface area contributed by atoms with Gasteiger partial charge in [0.25, 0.3) is 0 Å². The van der Waals surface area contributed by atoms with Crippen molar-refractivity contribution in [2.75, 3.05) is 0 Å².